The molecule has 0 N–H and O–H groups in total. The third-order valence-electron chi connectivity index (χ3n) is 3.50. The van der Waals surface area contributed by atoms with Gasteiger partial charge in [0, 0.05) is 13.1 Å². The SMILES string of the molecule is CCCC(C(=O)OCC)N(C)CC(=O)N1CCCC1. The van der Waals surface area contributed by atoms with Crippen LogP contribution in [0.4, 0.5) is 0 Å². The quantitative estimate of drug-likeness (QED) is 0.654. The molecule has 0 aromatic heterocycles. The van der Waals surface area contributed by atoms with Crippen molar-refractivity contribution in [1.82, 2.24) is 9.80 Å². The lowest BCUT2D eigenvalue weighted by molar-refractivity contribution is -0.150. The Morgan fingerprint density at radius 1 is 1.26 bits per heavy atom. The molecule has 1 aliphatic rings. The van der Waals surface area contributed by atoms with Gasteiger partial charge in [-0.15, -0.1) is 0 Å². The van der Waals surface area contributed by atoms with Crippen LogP contribution in [0.25, 0.3) is 0 Å². The molecule has 19 heavy (non-hydrogen) atoms. The molecule has 5 nitrogen and oxygen atoms in total. The van der Waals surface area contributed by atoms with E-state index in [2.05, 4.69) is 0 Å². The van der Waals surface area contributed by atoms with Gasteiger partial charge in [-0.1, -0.05) is 13.3 Å². The normalized spacial score (nSPS) is 16.7. The predicted octanol–water partition coefficient (Wildman–Crippen LogP) is 1.27. The number of hydrogen-bond acceptors (Lipinski definition) is 4. The summed E-state index contributed by atoms with van der Waals surface area (Å²) >= 11 is 0. The van der Waals surface area contributed by atoms with Gasteiger partial charge in [0.25, 0.3) is 0 Å². The van der Waals surface area contributed by atoms with Crippen LogP contribution in [0.5, 0.6) is 0 Å². The molecule has 0 aromatic rings. The second-order valence-corrected chi connectivity index (χ2v) is 5.06. The van der Waals surface area contributed by atoms with Crippen molar-refractivity contribution >= 4 is 11.9 Å². The first-order valence-corrected chi connectivity index (χ1v) is 7.24. The molecule has 0 saturated carbocycles. The maximum atomic E-state index is 12.1. The van der Waals surface area contributed by atoms with Crippen LogP contribution in [0.2, 0.25) is 0 Å². The van der Waals surface area contributed by atoms with Gasteiger partial charge in [-0.05, 0) is 33.2 Å². The smallest absolute Gasteiger partial charge is 0.323 e. The number of likely N-dealkylation sites (tertiary alicyclic amines) is 1. The average Bonchev–Trinajstić information content (AvgIpc) is 2.89. The number of hydrogen-bond donors (Lipinski definition) is 0. The van der Waals surface area contributed by atoms with Gasteiger partial charge in [-0.2, -0.15) is 0 Å². The Labute approximate surface area is 115 Å². The minimum absolute atomic E-state index is 0.116. The van der Waals surface area contributed by atoms with E-state index in [0.29, 0.717) is 13.2 Å². The van der Waals surface area contributed by atoms with Crippen LogP contribution in [0.15, 0.2) is 0 Å². The molecule has 1 saturated heterocycles. The van der Waals surface area contributed by atoms with Crippen LogP contribution in [-0.2, 0) is 14.3 Å². The topological polar surface area (TPSA) is 49.9 Å². The molecule has 1 heterocycles. The van der Waals surface area contributed by atoms with Crippen molar-refractivity contribution in [2.75, 3.05) is 33.3 Å². The van der Waals surface area contributed by atoms with Gasteiger partial charge in [-0.25, -0.2) is 0 Å². The summed E-state index contributed by atoms with van der Waals surface area (Å²) in [6, 6.07) is -0.309. The number of rotatable bonds is 7. The summed E-state index contributed by atoms with van der Waals surface area (Å²) < 4.78 is 5.08. The van der Waals surface area contributed by atoms with E-state index in [1.807, 2.05) is 23.8 Å². The first-order chi connectivity index (χ1) is 9.10. The maximum absolute atomic E-state index is 12.1. The monoisotopic (exact) mass is 270 g/mol. The van der Waals surface area contributed by atoms with Crippen LogP contribution < -0.4 is 0 Å². The lowest BCUT2D eigenvalue weighted by atomic mass is 10.1. The van der Waals surface area contributed by atoms with Crippen LogP contribution in [-0.4, -0.2) is 61.0 Å². The highest BCUT2D eigenvalue weighted by atomic mass is 16.5. The first-order valence-electron chi connectivity index (χ1n) is 7.24. The van der Waals surface area contributed by atoms with Crippen molar-refractivity contribution in [1.29, 1.82) is 0 Å². The highest BCUT2D eigenvalue weighted by molar-refractivity contribution is 5.80. The van der Waals surface area contributed by atoms with Crippen molar-refractivity contribution in [3.63, 3.8) is 0 Å². The molecule has 1 amide bonds. The number of carbonyl (C=O) groups excluding carboxylic acids is 2. The molecular weight excluding hydrogens is 244 g/mol. The zero-order valence-electron chi connectivity index (χ0n) is 12.4. The molecule has 1 fully saturated rings. The Hall–Kier alpha value is -1.10. The number of carbonyl (C=O) groups is 2. The lowest BCUT2D eigenvalue weighted by Crippen LogP contribution is -2.45. The Bertz CT molecular complexity index is 301. The van der Waals surface area contributed by atoms with Gasteiger partial charge in [0.2, 0.25) is 5.91 Å². The van der Waals surface area contributed by atoms with Crippen LogP contribution >= 0.6 is 0 Å². The van der Waals surface area contributed by atoms with E-state index in [9.17, 15) is 9.59 Å². The Morgan fingerprint density at radius 2 is 1.89 bits per heavy atom. The summed E-state index contributed by atoms with van der Waals surface area (Å²) in [5.74, 6) is -0.105. The summed E-state index contributed by atoms with van der Waals surface area (Å²) in [6.45, 7) is 6.21. The Morgan fingerprint density at radius 3 is 2.42 bits per heavy atom. The van der Waals surface area contributed by atoms with E-state index in [1.165, 1.54) is 0 Å². The first kappa shape index (κ1) is 16.0. The maximum Gasteiger partial charge on any atom is 0.323 e. The fraction of sp³-hybridized carbons (Fsp3) is 0.857. The van der Waals surface area contributed by atoms with Crippen LogP contribution in [0, 0.1) is 0 Å². The molecule has 1 aliphatic heterocycles. The molecule has 0 bridgehead atoms. The molecule has 0 radical (unpaired) electrons. The van der Waals surface area contributed by atoms with Crippen molar-refractivity contribution in [2.45, 2.75) is 45.6 Å². The minimum atomic E-state index is -0.309. The van der Waals surface area contributed by atoms with Gasteiger partial charge in [0.15, 0.2) is 0 Å². The van der Waals surface area contributed by atoms with E-state index in [1.54, 1.807) is 6.92 Å². The van der Waals surface area contributed by atoms with Gasteiger partial charge < -0.3 is 9.64 Å². The predicted molar refractivity (Wildman–Crippen MR) is 73.8 cm³/mol. The Kier molecular flexibility index (Phi) is 6.84. The second kappa shape index (κ2) is 8.15. The fourth-order valence-electron chi connectivity index (χ4n) is 2.42. The van der Waals surface area contributed by atoms with Gasteiger partial charge >= 0.3 is 5.97 Å². The number of ether oxygens (including phenoxy) is 1. The standard InChI is InChI=1S/C14H26N2O3/c1-4-8-12(14(18)19-5-2)15(3)11-13(17)16-9-6-7-10-16/h12H,4-11H2,1-3H3. The minimum Gasteiger partial charge on any atom is -0.465 e. The molecule has 110 valence electrons. The summed E-state index contributed by atoms with van der Waals surface area (Å²) in [5, 5.41) is 0. The lowest BCUT2D eigenvalue weighted by Gasteiger charge is -2.27. The van der Waals surface area contributed by atoms with E-state index in [0.717, 1.165) is 38.8 Å². The van der Waals surface area contributed by atoms with Crippen LogP contribution in [0.1, 0.15) is 39.5 Å². The summed E-state index contributed by atoms with van der Waals surface area (Å²) in [7, 11) is 1.82. The molecule has 0 spiro atoms. The number of nitrogens with zero attached hydrogens (tertiary/aromatic N) is 2. The number of amides is 1. The van der Waals surface area contributed by atoms with E-state index < -0.39 is 0 Å². The molecule has 5 heteroatoms. The zero-order valence-corrected chi connectivity index (χ0v) is 12.4. The highest BCUT2D eigenvalue weighted by Crippen LogP contribution is 2.11. The fourth-order valence-corrected chi connectivity index (χ4v) is 2.42. The van der Waals surface area contributed by atoms with Crippen molar-refractivity contribution < 1.29 is 14.3 Å². The summed E-state index contributed by atoms with van der Waals surface area (Å²) in [6.07, 6.45) is 3.80. The van der Waals surface area contributed by atoms with Gasteiger partial charge in [-0.3, -0.25) is 14.5 Å². The van der Waals surface area contributed by atoms with E-state index >= 15 is 0 Å². The molecule has 1 rings (SSSR count). The van der Waals surface area contributed by atoms with Crippen molar-refractivity contribution in [3.05, 3.63) is 0 Å². The van der Waals surface area contributed by atoms with E-state index in [-0.39, 0.29) is 17.9 Å². The molecule has 1 unspecified atom stereocenters. The number of likely N-dealkylation sites (N-methyl/N-ethyl adjacent to an activating group) is 1. The summed E-state index contributed by atoms with van der Waals surface area (Å²) in [5.41, 5.74) is 0. The van der Waals surface area contributed by atoms with E-state index in [4.69, 9.17) is 4.74 Å². The average molecular weight is 270 g/mol. The third-order valence-corrected chi connectivity index (χ3v) is 3.50. The van der Waals surface area contributed by atoms with Gasteiger partial charge in [0.05, 0.1) is 13.2 Å². The second-order valence-electron chi connectivity index (χ2n) is 5.06. The Balaban J connectivity index is 2.52. The van der Waals surface area contributed by atoms with Crippen LogP contribution in [0.3, 0.4) is 0 Å². The third kappa shape index (κ3) is 4.82. The highest BCUT2D eigenvalue weighted by Gasteiger charge is 2.27. The molecule has 0 aromatic carbocycles. The largest absolute Gasteiger partial charge is 0.465 e. The van der Waals surface area contributed by atoms with Crippen molar-refractivity contribution in [3.8, 4) is 0 Å². The van der Waals surface area contributed by atoms with Crippen molar-refractivity contribution in [2.24, 2.45) is 0 Å². The molecule has 0 aliphatic carbocycles. The molecule has 1 atom stereocenters. The number of esters is 1. The summed E-state index contributed by atoms with van der Waals surface area (Å²) in [4.78, 5) is 27.7. The zero-order chi connectivity index (χ0) is 14.3. The van der Waals surface area contributed by atoms with Gasteiger partial charge in [0.1, 0.15) is 6.04 Å². The molecular formula is C14H26N2O3.